The fourth-order valence-corrected chi connectivity index (χ4v) is 4.32. The quantitative estimate of drug-likeness (QED) is 0.750. The highest BCUT2D eigenvalue weighted by atomic mass is 35.5. The number of carbonyl (C=O) groups excluding carboxylic acids is 2. The van der Waals surface area contributed by atoms with Gasteiger partial charge < -0.3 is 15.1 Å². The normalized spacial score (nSPS) is 20.3. The Morgan fingerprint density at radius 1 is 1.06 bits per heavy atom. The topological polar surface area (TPSA) is 55.9 Å². The first-order valence-electron chi connectivity index (χ1n) is 10.8. The second kappa shape index (κ2) is 9.81. The van der Waals surface area contributed by atoms with E-state index in [2.05, 4.69) is 34.3 Å². The molecule has 2 heterocycles. The van der Waals surface area contributed by atoms with Crippen molar-refractivity contribution in [1.29, 1.82) is 0 Å². The molecule has 0 spiro atoms. The number of rotatable bonds is 6. The van der Waals surface area contributed by atoms with Crippen LogP contribution >= 0.6 is 11.6 Å². The largest absolute Gasteiger partial charge is 0.352 e. The molecule has 0 saturated carbocycles. The second-order valence-electron chi connectivity index (χ2n) is 8.50. The van der Waals surface area contributed by atoms with Gasteiger partial charge in [0.05, 0.1) is 5.92 Å². The van der Waals surface area contributed by atoms with Gasteiger partial charge in [-0.25, -0.2) is 0 Å². The molecule has 2 aliphatic rings. The molecule has 6 nitrogen and oxygen atoms in total. The van der Waals surface area contributed by atoms with Crippen LogP contribution in [0, 0.1) is 5.92 Å². The number of anilines is 1. The van der Waals surface area contributed by atoms with Gasteiger partial charge in [0.25, 0.3) is 0 Å². The van der Waals surface area contributed by atoms with Gasteiger partial charge in [-0.1, -0.05) is 35.9 Å². The van der Waals surface area contributed by atoms with Crippen molar-refractivity contribution >= 4 is 29.1 Å². The summed E-state index contributed by atoms with van der Waals surface area (Å²) in [6.07, 6.45) is 0.234. The first-order chi connectivity index (χ1) is 15.0. The third kappa shape index (κ3) is 5.64. The third-order valence-corrected chi connectivity index (χ3v) is 6.35. The fraction of sp³-hybridized carbons (Fsp3) is 0.417. The number of nitrogens with one attached hydrogen (secondary N) is 1. The van der Waals surface area contributed by atoms with Crippen LogP contribution < -0.4 is 10.2 Å². The minimum absolute atomic E-state index is 0.0309. The zero-order valence-corrected chi connectivity index (χ0v) is 18.6. The lowest BCUT2D eigenvalue weighted by molar-refractivity contribution is -0.126. The third-order valence-electron chi connectivity index (χ3n) is 6.09. The van der Waals surface area contributed by atoms with E-state index in [1.165, 1.54) is 5.56 Å². The van der Waals surface area contributed by atoms with Crippen molar-refractivity contribution in [2.45, 2.75) is 19.5 Å². The summed E-state index contributed by atoms with van der Waals surface area (Å²) in [7, 11) is 2.16. The van der Waals surface area contributed by atoms with Crippen molar-refractivity contribution in [2.24, 2.45) is 5.92 Å². The molecule has 0 radical (unpaired) electrons. The molecule has 31 heavy (non-hydrogen) atoms. The maximum Gasteiger partial charge on any atom is 0.227 e. The van der Waals surface area contributed by atoms with E-state index >= 15 is 0 Å². The van der Waals surface area contributed by atoms with Gasteiger partial charge in [0, 0.05) is 62.9 Å². The van der Waals surface area contributed by atoms with Crippen LogP contribution in [-0.2, 0) is 22.7 Å². The van der Waals surface area contributed by atoms with Crippen LogP contribution in [0.2, 0.25) is 5.02 Å². The number of hydrogen-bond donors (Lipinski definition) is 1. The summed E-state index contributed by atoms with van der Waals surface area (Å²) in [4.78, 5) is 31.6. The molecule has 0 aromatic heterocycles. The van der Waals surface area contributed by atoms with E-state index < -0.39 is 0 Å². The first-order valence-corrected chi connectivity index (χ1v) is 11.2. The molecule has 2 aromatic carbocycles. The molecule has 7 heteroatoms. The zero-order valence-electron chi connectivity index (χ0n) is 17.9. The van der Waals surface area contributed by atoms with E-state index in [-0.39, 0.29) is 24.2 Å². The molecule has 0 bridgehead atoms. The highest BCUT2D eigenvalue weighted by Crippen LogP contribution is 2.26. The van der Waals surface area contributed by atoms with Gasteiger partial charge in [-0.05, 0) is 42.4 Å². The molecular weight excluding hydrogens is 412 g/mol. The van der Waals surface area contributed by atoms with E-state index in [0.717, 1.165) is 44.0 Å². The predicted octanol–water partition coefficient (Wildman–Crippen LogP) is 2.76. The Balaban J connectivity index is 1.29. The molecule has 2 fully saturated rings. The molecule has 2 saturated heterocycles. The highest BCUT2D eigenvalue weighted by Gasteiger charge is 2.35. The van der Waals surface area contributed by atoms with Gasteiger partial charge in [0.15, 0.2) is 0 Å². The van der Waals surface area contributed by atoms with Crippen molar-refractivity contribution in [3.63, 3.8) is 0 Å². The van der Waals surface area contributed by atoms with Crippen LogP contribution in [0.25, 0.3) is 0 Å². The van der Waals surface area contributed by atoms with E-state index in [0.29, 0.717) is 18.1 Å². The number of likely N-dealkylation sites (N-methyl/N-ethyl adjacent to an activating group) is 1. The maximum atomic E-state index is 12.7. The molecule has 1 N–H and O–H groups in total. The van der Waals surface area contributed by atoms with Gasteiger partial charge >= 0.3 is 0 Å². The standard InChI is InChI=1S/C24H29ClN4O2/c1-27-9-11-28(12-10-27)16-19-4-2-3-18(13-19)15-26-24(31)20-14-23(30)29(17-20)22-7-5-21(25)6-8-22/h2-8,13,20H,9-12,14-17H2,1H3,(H,26,31). The first kappa shape index (κ1) is 21.8. The molecular formula is C24H29ClN4O2. The number of nitrogens with zero attached hydrogens (tertiary/aromatic N) is 3. The highest BCUT2D eigenvalue weighted by molar-refractivity contribution is 6.30. The van der Waals surface area contributed by atoms with Crippen LogP contribution in [0.3, 0.4) is 0 Å². The van der Waals surface area contributed by atoms with Crippen LogP contribution in [0.4, 0.5) is 5.69 Å². The van der Waals surface area contributed by atoms with Gasteiger partial charge in [0.2, 0.25) is 11.8 Å². The number of halogens is 1. The van der Waals surface area contributed by atoms with E-state index in [1.807, 2.05) is 24.3 Å². The summed E-state index contributed by atoms with van der Waals surface area (Å²) < 4.78 is 0. The van der Waals surface area contributed by atoms with Crippen molar-refractivity contribution in [2.75, 3.05) is 44.7 Å². The minimum atomic E-state index is -0.336. The Morgan fingerprint density at radius 3 is 2.52 bits per heavy atom. The van der Waals surface area contributed by atoms with Gasteiger partial charge in [-0.3, -0.25) is 14.5 Å². The maximum absolute atomic E-state index is 12.7. The Labute approximate surface area is 188 Å². The molecule has 2 aromatic rings. The molecule has 164 valence electrons. The number of piperazine rings is 1. The van der Waals surface area contributed by atoms with E-state index in [9.17, 15) is 9.59 Å². The summed E-state index contributed by atoms with van der Waals surface area (Å²) in [5.41, 5.74) is 3.13. The van der Waals surface area contributed by atoms with E-state index in [1.54, 1.807) is 17.0 Å². The van der Waals surface area contributed by atoms with Crippen molar-refractivity contribution in [3.05, 3.63) is 64.7 Å². The molecule has 1 atom stereocenters. The SMILES string of the molecule is CN1CCN(Cc2cccc(CNC(=O)C3CC(=O)N(c4ccc(Cl)cc4)C3)c2)CC1. The number of hydrogen-bond acceptors (Lipinski definition) is 4. The summed E-state index contributed by atoms with van der Waals surface area (Å²) in [6.45, 7) is 6.17. The minimum Gasteiger partial charge on any atom is -0.352 e. The second-order valence-corrected chi connectivity index (χ2v) is 8.94. The summed E-state index contributed by atoms with van der Waals surface area (Å²) in [6, 6.07) is 15.5. The van der Waals surface area contributed by atoms with E-state index in [4.69, 9.17) is 11.6 Å². The van der Waals surface area contributed by atoms with Crippen LogP contribution in [0.1, 0.15) is 17.5 Å². The van der Waals surface area contributed by atoms with Gasteiger partial charge in [-0.15, -0.1) is 0 Å². The van der Waals surface area contributed by atoms with Crippen LogP contribution in [0.15, 0.2) is 48.5 Å². The zero-order chi connectivity index (χ0) is 21.8. The summed E-state index contributed by atoms with van der Waals surface area (Å²) in [5.74, 6) is -0.442. The summed E-state index contributed by atoms with van der Waals surface area (Å²) >= 11 is 5.93. The Bertz CT molecular complexity index is 925. The Hall–Kier alpha value is -2.41. The molecule has 2 amide bonds. The Kier molecular flexibility index (Phi) is 6.90. The fourth-order valence-electron chi connectivity index (χ4n) is 4.19. The van der Waals surface area contributed by atoms with Crippen LogP contribution in [-0.4, -0.2) is 61.4 Å². The lowest BCUT2D eigenvalue weighted by atomic mass is 10.1. The van der Waals surface area contributed by atoms with Crippen molar-refractivity contribution in [1.82, 2.24) is 15.1 Å². The molecule has 0 aliphatic carbocycles. The van der Waals surface area contributed by atoms with Gasteiger partial charge in [0.1, 0.15) is 0 Å². The van der Waals surface area contributed by atoms with Gasteiger partial charge in [-0.2, -0.15) is 0 Å². The Morgan fingerprint density at radius 2 is 1.77 bits per heavy atom. The number of amides is 2. The van der Waals surface area contributed by atoms with Crippen molar-refractivity contribution < 1.29 is 9.59 Å². The number of benzene rings is 2. The smallest absolute Gasteiger partial charge is 0.227 e. The van der Waals surface area contributed by atoms with Crippen LogP contribution in [0.5, 0.6) is 0 Å². The monoisotopic (exact) mass is 440 g/mol. The lowest BCUT2D eigenvalue weighted by Gasteiger charge is -2.32. The van der Waals surface area contributed by atoms with Crippen molar-refractivity contribution in [3.8, 4) is 0 Å². The molecule has 2 aliphatic heterocycles. The summed E-state index contributed by atoms with van der Waals surface area (Å²) in [5, 5.41) is 3.64. The average molecular weight is 441 g/mol. The predicted molar refractivity (Wildman–Crippen MR) is 123 cm³/mol. The number of carbonyl (C=O) groups is 2. The molecule has 4 rings (SSSR count). The lowest BCUT2D eigenvalue weighted by Crippen LogP contribution is -2.43. The molecule has 1 unspecified atom stereocenters. The average Bonchev–Trinajstić information content (AvgIpc) is 3.16.